The molecule has 0 saturated heterocycles. The number of ether oxygens (including phenoxy) is 3. The number of aromatic nitrogens is 1. The third-order valence-corrected chi connectivity index (χ3v) is 9.38. The van der Waals surface area contributed by atoms with E-state index in [2.05, 4.69) is 15.6 Å². The third kappa shape index (κ3) is 7.87. The molecular weight excluding hydrogens is 638 g/mol. The molecule has 44 heavy (non-hydrogen) atoms. The van der Waals surface area contributed by atoms with Crippen LogP contribution in [-0.2, 0) is 27.7 Å². The number of amides is 1. The fraction of sp³-hybridized carbons (Fsp3) is 0.241. The van der Waals surface area contributed by atoms with Crippen LogP contribution in [-0.4, -0.2) is 53.4 Å². The zero-order chi connectivity index (χ0) is 31.9. The number of benzene rings is 3. The van der Waals surface area contributed by atoms with Gasteiger partial charge in [0, 0.05) is 36.7 Å². The summed E-state index contributed by atoms with van der Waals surface area (Å²) in [4.78, 5) is 15.4. The fourth-order valence-electron chi connectivity index (χ4n) is 4.19. The van der Waals surface area contributed by atoms with Crippen LogP contribution in [0.15, 0.2) is 71.1 Å². The van der Waals surface area contributed by atoms with Crippen molar-refractivity contribution in [2.75, 3.05) is 37.4 Å². The van der Waals surface area contributed by atoms with Crippen molar-refractivity contribution in [1.82, 2.24) is 10.3 Å². The molecule has 0 fully saturated rings. The lowest BCUT2D eigenvalue weighted by Crippen LogP contribution is -2.33. The molecule has 0 saturated carbocycles. The second-order valence-corrected chi connectivity index (χ2v) is 12.4. The first-order chi connectivity index (χ1) is 21.0. The first-order valence-electron chi connectivity index (χ1n) is 13.0. The molecule has 0 aliphatic carbocycles. The molecule has 15 heteroatoms. The minimum atomic E-state index is -4.53. The summed E-state index contributed by atoms with van der Waals surface area (Å²) >= 11 is 7.51. The molecule has 10 nitrogen and oxygen atoms in total. The highest BCUT2D eigenvalue weighted by molar-refractivity contribution is 7.93. The molecular formula is C29H29ClF2N4O6S2. The number of halogens is 3. The molecule has 4 aromatic rings. The van der Waals surface area contributed by atoms with Gasteiger partial charge in [-0.15, -0.1) is 11.3 Å². The van der Waals surface area contributed by atoms with Gasteiger partial charge in [0.1, 0.15) is 34.1 Å². The first-order valence-corrected chi connectivity index (χ1v) is 15.7. The Kier molecular flexibility index (Phi) is 10.8. The van der Waals surface area contributed by atoms with Crippen LogP contribution in [0.5, 0.6) is 11.5 Å². The van der Waals surface area contributed by atoms with E-state index in [9.17, 15) is 17.6 Å². The minimum absolute atomic E-state index is 0.0153. The van der Waals surface area contributed by atoms with Gasteiger partial charge in [-0.2, -0.15) is 0 Å². The van der Waals surface area contributed by atoms with E-state index in [1.807, 2.05) is 0 Å². The van der Waals surface area contributed by atoms with Gasteiger partial charge >= 0.3 is 6.09 Å². The van der Waals surface area contributed by atoms with E-state index in [0.717, 1.165) is 27.8 Å². The Hall–Kier alpha value is -4.14. The van der Waals surface area contributed by atoms with E-state index < -0.39 is 38.8 Å². The topological polar surface area (TPSA) is 119 Å². The number of thiazole rings is 1. The summed E-state index contributed by atoms with van der Waals surface area (Å²) in [6.07, 6.45) is 0.189. The quantitative estimate of drug-likeness (QED) is 0.182. The van der Waals surface area contributed by atoms with Crippen LogP contribution < -0.4 is 24.4 Å². The number of hydrogen-bond donors (Lipinski definition) is 2. The lowest BCUT2D eigenvalue weighted by atomic mass is 10.1. The number of rotatable bonds is 13. The molecule has 0 bridgehead atoms. The third-order valence-electron chi connectivity index (χ3n) is 6.41. The number of nitrogens with one attached hydrogen (secondary N) is 2. The van der Waals surface area contributed by atoms with Crippen LogP contribution in [0.2, 0.25) is 5.02 Å². The zero-order valence-corrected chi connectivity index (χ0v) is 26.2. The molecule has 0 aliphatic heterocycles. The number of methoxy groups -OCH3 is 2. The van der Waals surface area contributed by atoms with E-state index in [0.29, 0.717) is 22.6 Å². The molecule has 1 heterocycles. The zero-order valence-electron chi connectivity index (χ0n) is 23.8. The summed E-state index contributed by atoms with van der Waals surface area (Å²) in [5.41, 5.74) is 1.25. The predicted octanol–water partition coefficient (Wildman–Crippen LogP) is 5.87. The van der Waals surface area contributed by atoms with Crippen molar-refractivity contribution in [2.45, 2.75) is 24.0 Å². The van der Waals surface area contributed by atoms with E-state index in [4.69, 9.17) is 25.8 Å². The lowest BCUT2D eigenvalue weighted by Gasteiger charge is -2.24. The van der Waals surface area contributed by atoms with Crippen molar-refractivity contribution in [2.24, 2.45) is 0 Å². The summed E-state index contributed by atoms with van der Waals surface area (Å²) in [5, 5.41) is 6.89. The highest BCUT2D eigenvalue weighted by atomic mass is 35.5. The molecule has 1 unspecified atom stereocenters. The highest BCUT2D eigenvalue weighted by Crippen LogP contribution is 2.35. The Morgan fingerprint density at radius 1 is 1.09 bits per heavy atom. The second kappa shape index (κ2) is 14.6. The number of anilines is 2. The van der Waals surface area contributed by atoms with Gasteiger partial charge in [-0.3, -0.25) is 0 Å². The van der Waals surface area contributed by atoms with Crippen molar-refractivity contribution in [3.63, 3.8) is 0 Å². The molecule has 1 atom stereocenters. The maximum Gasteiger partial charge on any atom is 0.407 e. The molecule has 234 valence electrons. The van der Waals surface area contributed by atoms with Crippen molar-refractivity contribution < 1.29 is 36.2 Å². The minimum Gasteiger partial charge on any atom is -0.497 e. The Balaban J connectivity index is 1.61. The molecule has 0 spiro atoms. The molecule has 0 radical (unpaired) electrons. The number of sulfonamides is 1. The van der Waals surface area contributed by atoms with E-state index in [-0.39, 0.29) is 35.4 Å². The van der Waals surface area contributed by atoms with Gasteiger partial charge in [0.05, 0.1) is 38.0 Å². The Morgan fingerprint density at radius 2 is 1.84 bits per heavy atom. The van der Waals surface area contributed by atoms with Gasteiger partial charge in [0.15, 0.2) is 5.13 Å². The highest BCUT2D eigenvalue weighted by Gasteiger charge is 2.32. The van der Waals surface area contributed by atoms with Gasteiger partial charge in [-0.25, -0.2) is 31.3 Å². The second-order valence-electron chi connectivity index (χ2n) is 9.26. The summed E-state index contributed by atoms with van der Waals surface area (Å²) in [7, 11) is -0.197. The van der Waals surface area contributed by atoms with E-state index in [1.54, 1.807) is 35.7 Å². The number of carbonyl (C=O) groups excluding carboxylic acids is 1. The smallest absolute Gasteiger partial charge is 0.407 e. The van der Waals surface area contributed by atoms with Gasteiger partial charge in [0.25, 0.3) is 10.0 Å². The number of alkyl carbamates (subject to hydrolysis) is 1. The van der Waals surface area contributed by atoms with Crippen LogP contribution in [0.25, 0.3) is 0 Å². The van der Waals surface area contributed by atoms with Crippen LogP contribution in [0.4, 0.5) is 24.4 Å². The van der Waals surface area contributed by atoms with Crippen LogP contribution >= 0.6 is 22.9 Å². The van der Waals surface area contributed by atoms with Crippen molar-refractivity contribution in [1.29, 1.82) is 0 Å². The van der Waals surface area contributed by atoms with E-state index in [1.165, 1.54) is 39.6 Å². The lowest BCUT2D eigenvalue weighted by molar-refractivity contribution is 0.106. The maximum absolute atomic E-state index is 15.6. The summed E-state index contributed by atoms with van der Waals surface area (Å²) < 4.78 is 73.8. The molecule has 3 aromatic carbocycles. The van der Waals surface area contributed by atoms with Crippen molar-refractivity contribution in [3.05, 3.63) is 94.0 Å². The standard InChI is InChI=1S/C29H29ClF2N4O6S2/c1-33-29(37)42-22(12-18-4-7-20(31)8-5-18)16-35-25-15-24(32)27(14-23(25)30)44(38,39)36(28-34-10-11-43-28)17-19-6-9-21(40-2)13-26(19)41-3/h4-11,13-15,22,35H,12,16-17H2,1-3H3,(H,33,37). The molecule has 0 aliphatic rings. The number of nitrogens with zero attached hydrogens (tertiary/aromatic N) is 2. The van der Waals surface area contributed by atoms with Crippen LogP contribution in [0.1, 0.15) is 11.1 Å². The Labute approximate surface area is 262 Å². The molecule has 1 aromatic heterocycles. The average molecular weight is 667 g/mol. The maximum atomic E-state index is 15.6. The van der Waals surface area contributed by atoms with Crippen molar-refractivity contribution in [3.8, 4) is 11.5 Å². The van der Waals surface area contributed by atoms with Crippen molar-refractivity contribution >= 4 is 49.9 Å². The molecule has 1 amide bonds. The normalized spacial score (nSPS) is 11.9. The van der Waals surface area contributed by atoms with Crippen LogP contribution in [0, 0.1) is 11.6 Å². The monoisotopic (exact) mass is 666 g/mol. The summed E-state index contributed by atoms with van der Waals surface area (Å²) in [6, 6.07) is 12.5. The van der Waals surface area contributed by atoms with Gasteiger partial charge in [-0.05, 0) is 42.0 Å². The fourth-order valence-corrected chi connectivity index (χ4v) is 6.82. The number of carbonyl (C=O) groups is 1. The average Bonchev–Trinajstić information content (AvgIpc) is 3.55. The summed E-state index contributed by atoms with van der Waals surface area (Å²) in [5.74, 6) is -0.601. The van der Waals surface area contributed by atoms with Gasteiger partial charge < -0.3 is 24.8 Å². The first kappa shape index (κ1) is 32.8. The SMILES string of the molecule is CNC(=O)OC(CNc1cc(F)c(S(=O)(=O)N(Cc2ccc(OC)cc2OC)c2nccs2)cc1Cl)Cc1ccc(F)cc1. The van der Waals surface area contributed by atoms with E-state index >= 15 is 4.39 Å². The van der Waals surface area contributed by atoms with Gasteiger partial charge in [0.2, 0.25) is 0 Å². The Morgan fingerprint density at radius 3 is 2.48 bits per heavy atom. The predicted molar refractivity (Wildman–Crippen MR) is 164 cm³/mol. The Bertz CT molecular complexity index is 1690. The molecule has 2 N–H and O–H groups in total. The number of hydrogen-bond acceptors (Lipinski definition) is 9. The summed E-state index contributed by atoms with van der Waals surface area (Å²) in [6.45, 7) is -0.236. The van der Waals surface area contributed by atoms with Crippen LogP contribution in [0.3, 0.4) is 0 Å². The largest absolute Gasteiger partial charge is 0.497 e. The molecule has 4 rings (SSSR count). The van der Waals surface area contributed by atoms with Gasteiger partial charge in [-0.1, -0.05) is 23.7 Å².